The second-order valence-electron chi connectivity index (χ2n) is 11.2. The van der Waals surface area contributed by atoms with Gasteiger partial charge in [0.15, 0.2) is 11.6 Å². The Morgan fingerprint density at radius 1 is 0.523 bits per heavy atom. The molecule has 1 aromatic heterocycles. The van der Waals surface area contributed by atoms with Gasteiger partial charge < -0.3 is 4.90 Å². The first-order valence-corrected chi connectivity index (χ1v) is 15.4. The number of hydrogen-bond donors (Lipinski definition) is 0. The molecule has 206 valence electrons. The van der Waals surface area contributed by atoms with Crippen molar-refractivity contribution >= 4 is 67.6 Å². The fraction of sp³-hybridized carbons (Fsp3) is 0. The van der Waals surface area contributed by atoms with Crippen molar-refractivity contribution in [3.05, 3.63) is 155 Å². The van der Waals surface area contributed by atoms with Gasteiger partial charge in [-0.3, -0.25) is 9.59 Å². The summed E-state index contributed by atoms with van der Waals surface area (Å²) in [6, 6.07) is 45.6. The van der Waals surface area contributed by atoms with Gasteiger partial charge in [-0.05, 0) is 81.9 Å². The molecule has 0 atom stereocenters. The quantitative estimate of drug-likeness (QED) is 0.154. The number of thiophene rings is 1. The topological polar surface area (TPSA) is 37.4 Å². The summed E-state index contributed by atoms with van der Waals surface area (Å²) in [7, 11) is 0. The molecule has 1 aliphatic heterocycles. The van der Waals surface area contributed by atoms with E-state index in [2.05, 4.69) is 89.8 Å². The van der Waals surface area contributed by atoms with Crippen LogP contribution in [0.2, 0.25) is 0 Å². The smallest absolute Gasteiger partial charge is 0.197 e. The zero-order valence-corrected chi connectivity index (χ0v) is 24.3. The van der Waals surface area contributed by atoms with Gasteiger partial charge in [-0.15, -0.1) is 11.3 Å². The van der Waals surface area contributed by atoms with E-state index < -0.39 is 0 Å². The number of fused-ring (bicyclic) bond motifs is 4. The maximum atomic E-state index is 13.4. The summed E-state index contributed by atoms with van der Waals surface area (Å²) in [5, 5.41) is 4.31. The van der Waals surface area contributed by atoms with Gasteiger partial charge in [0.25, 0.3) is 0 Å². The van der Waals surface area contributed by atoms with E-state index in [9.17, 15) is 9.59 Å². The molecule has 2 heterocycles. The molecule has 2 aliphatic rings. The molecule has 9 rings (SSSR count). The molecule has 0 saturated heterocycles. The summed E-state index contributed by atoms with van der Waals surface area (Å²) in [5.41, 5.74) is 8.19. The molecule has 1 aliphatic carbocycles. The van der Waals surface area contributed by atoms with Crippen molar-refractivity contribution in [2.75, 3.05) is 4.90 Å². The third-order valence-electron chi connectivity index (χ3n) is 8.75. The van der Waals surface area contributed by atoms with Gasteiger partial charge in [0, 0.05) is 37.5 Å². The minimum absolute atomic E-state index is 0.202. The normalized spacial score (nSPS) is 13.5. The molecule has 0 N–H and O–H groups in total. The number of nitrogens with zero attached hydrogens (tertiary/aromatic N) is 1. The van der Waals surface area contributed by atoms with Crippen LogP contribution in [-0.4, -0.2) is 11.6 Å². The number of rotatable bonds is 3. The van der Waals surface area contributed by atoms with Crippen LogP contribution in [0.4, 0.5) is 17.1 Å². The van der Waals surface area contributed by atoms with Crippen LogP contribution < -0.4 is 4.90 Å². The third kappa shape index (κ3) is 3.62. The lowest BCUT2D eigenvalue weighted by Gasteiger charge is -2.33. The highest BCUT2D eigenvalue weighted by molar-refractivity contribution is 7.16. The molecule has 6 aromatic carbocycles. The third-order valence-corrected chi connectivity index (χ3v) is 9.82. The fourth-order valence-corrected chi connectivity index (χ4v) is 7.74. The molecule has 0 fully saturated rings. The average Bonchev–Trinajstić information content (AvgIpc) is 3.63. The summed E-state index contributed by atoms with van der Waals surface area (Å²) < 4.78 is 0. The highest BCUT2D eigenvalue weighted by Crippen LogP contribution is 2.52. The molecule has 7 aromatic rings. The number of allylic oxidation sites excluding steroid dienone is 1. The number of carbonyl (C=O) groups excluding carboxylic acids is 2. The van der Waals surface area contributed by atoms with Gasteiger partial charge in [0.2, 0.25) is 0 Å². The van der Waals surface area contributed by atoms with Crippen LogP contribution in [0, 0.1) is 0 Å². The van der Waals surface area contributed by atoms with Crippen molar-refractivity contribution in [2.45, 2.75) is 0 Å². The zero-order valence-electron chi connectivity index (χ0n) is 23.5. The van der Waals surface area contributed by atoms with E-state index >= 15 is 0 Å². The second kappa shape index (κ2) is 9.46. The minimum Gasteiger partial charge on any atom is -0.309 e. The standard InChI is InChI=1S/C40H23NO2S/c42-39-32-21-24-9-4-5-10-25(24)22-33(32)40(43)34(39)23-27-17-20-37(44-27)29-18-19-36-38-30(14-8-15-31(29)38)28-13-6-7-16-35(28)41(36)26-11-2-1-3-12-26/h1-23H. The van der Waals surface area contributed by atoms with Gasteiger partial charge >= 0.3 is 0 Å². The lowest BCUT2D eigenvalue weighted by molar-refractivity contribution is 0.0990. The Hall–Kier alpha value is -5.58. The SMILES string of the molecule is O=C1C(=Cc2ccc(-c3ccc4c5c(cccc35)-c3ccccc3N4c3ccccc3)s2)C(=O)c2cc3ccccc3cc21. The first kappa shape index (κ1) is 25.0. The van der Waals surface area contributed by atoms with Crippen LogP contribution in [0.25, 0.3) is 49.2 Å². The highest BCUT2D eigenvalue weighted by atomic mass is 32.1. The fourth-order valence-electron chi connectivity index (χ4n) is 6.75. The van der Waals surface area contributed by atoms with E-state index in [0.717, 1.165) is 43.2 Å². The second-order valence-corrected chi connectivity index (χ2v) is 12.3. The zero-order chi connectivity index (χ0) is 29.4. The number of Topliss-reactive ketones (excluding diaryl/α,β-unsaturated/α-hetero) is 2. The molecule has 4 heteroatoms. The summed E-state index contributed by atoms with van der Waals surface area (Å²) >= 11 is 1.60. The van der Waals surface area contributed by atoms with Crippen molar-refractivity contribution in [3.63, 3.8) is 0 Å². The van der Waals surface area contributed by atoms with E-state index in [-0.39, 0.29) is 17.1 Å². The van der Waals surface area contributed by atoms with Gasteiger partial charge in [0.1, 0.15) is 0 Å². The van der Waals surface area contributed by atoms with Crippen molar-refractivity contribution in [2.24, 2.45) is 0 Å². The van der Waals surface area contributed by atoms with Crippen LogP contribution in [0.5, 0.6) is 0 Å². The summed E-state index contributed by atoms with van der Waals surface area (Å²) in [4.78, 5) is 31.1. The number of para-hydroxylation sites is 2. The van der Waals surface area contributed by atoms with Crippen LogP contribution in [0.15, 0.2) is 139 Å². The Bertz CT molecular complexity index is 2320. The van der Waals surface area contributed by atoms with E-state index in [4.69, 9.17) is 0 Å². The molecule has 44 heavy (non-hydrogen) atoms. The van der Waals surface area contributed by atoms with E-state index in [1.807, 2.05) is 48.5 Å². The number of ketones is 2. The van der Waals surface area contributed by atoms with Crippen molar-refractivity contribution in [1.29, 1.82) is 0 Å². The van der Waals surface area contributed by atoms with Crippen LogP contribution in [0.3, 0.4) is 0 Å². The molecule has 0 radical (unpaired) electrons. The number of anilines is 3. The molecule has 0 amide bonds. The maximum absolute atomic E-state index is 13.4. The van der Waals surface area contributed by atoms with Gasteiger partial charge in [0.05, 0.1) is 16.9 Å². The molecular weight excluding hydrogens is 559 g/mol. The molecular formula is C40H23NO2S. The summed E-state index contributed by atoms with van der Waals surface area (Å²) in [6.45, 7) is 0. The predicted molar refractivity (Wildman–Crippen MR) is 182 cm³/mol. The van der Waals surface area contributed by atoms with Gasteiger partial charge in [-0.2, -0.15) is 0 Å². The first-order chi connectivity index (χ1) is 21.7. The van der Waals surface area contributed by atoms with Crippen LogP contribution in [0.1, 0.15) is 25.6 Å². The molecule has 0 saturated carbocycles. The van der Waals surface area contributed by atoms with Crippen LogP contribution >= 0.6 is 11.3 Å². The Labute approximate surface area is 258 Å². The Kier molecular flexibility index (Phi) is 5.37. The Morgan fingerprint density at radius 3 is 1.98 bits per heavy atom. The lowest BCUT2D eigenvalue weighted by atomic mass is 9.89. The molecule has 0 spiro atoms. The number of carbonyl (C=O) groups is 2. The van der Waals surface area contributed by atoms with Crippen molar-refractivity contribution in [1.82, 2.24) is 0 Å². The van der Waals surface area contributed by atoms with Crippen molar-refractivity contribution < 1.29 is 9.59 Å². The lowest BCUT2D eigenvalue weighted by Crippen LogP contribution is -2.14. The van der Waals surface area contributed by atoms with E-state index in [1.54, 1.807) is 17.4 Å². The van der Waals surface area contributed by atoms with Crippen molar-refractivity contribution in [3.8, 4) is 21.6 Å². The highest BCUT2D eigenvalue weighted by Gasteiger charge is 2.33. The molecule has 3 nitrogen and oxygen atoms in total. The van der Waals surface area contributed by atoms with Gasteiger partial charge in [-0.25, -0.2) is 0 Å². The van der Waals surface area contributed by atoms with E-state index in [0.29, 0.717) is 11.1 Å². The number of hydrogen-bond acceptors (Lipinski definition) is 4. The number of benzene rings is 6. The molecule has 0 bridgehead atoms. The molecule has 0 unspecified atom stereocenters. The minimum atomic E-state index is -0.202. The monoisotopic (exact) mass is 581 g/mol. The summed E-state index contributed by atoms with van der Waals surface area (Å²) in [5.74, 6) is -0.404. The van der Waals surface area contributed by atoms with E-state index in [1.165, 1.54) is 21.9 Å². The van der Waals surface area contributed by atoms with Gasteiger partial charge in [-0.1, -0.05) is 84.9 Å². The predicted octanol–water partition coefficient (Wildman–Crippen LogP) is 10.6. The summed E-state index contributed by atoms with van der Waals surface area (Å²) in [6.07, 6.45) is 1.77. The average molecular weight is 582 g/mol. The maximum Gasteiger partial charge on any atom is 0.197 e. The first-order valence-electron chi connectivity index (χ1n) is 14.6. The van der Waals surface area contributed by atoms with Crippen LogP contribution in [-0.2, 0) is 0 Å². The Balaban J connectivity index is 1.16. The largest absolute Gasteiger partial charge is 0.309 e. The Morgan fingerprint density at radius 2 is 1.20 bits per heavy atom.